The van der Waals surface area contributed by atoms with Crippen LogP contribution in [0.5, 0.6) is 0 Å². The first-order valence-electron chi connectivity index (χ1n) is 11.3. The maximum atomic E-state index is 12.6. The number of carboxylic acid groups (broad SMARTS) is 1. The molecule has 0 radical (unpaired) electrons. The van der Waals surface area contributed by atoms with Crippen LogP contribution in [0, 0.1) is 6.92 Å². The van der Waals surface area contributed by atoms with Gasteiger partial charge < -0.3 is 20.1 Å². The van der Waals surface area contributed by atoms with Crippen LogP contribution in [0.4, 0.5) is 18.0 Å². The average Bonchev–Trinajstić information content (AvgIpc) is 2.79. The number of alkyl halides is 3. The molecule has 2 aliphatic rings. The molecule has 0 unspecified atom stereocenters. The standard InChI is InChI=1S/C21H31N3O3.C2HF3O2/c1-3-27-21(26)23-13-10-18(11-14-23)24-12-6-8-17(15-24)22-20(25)19-9-5-4-7-16(19)2;3-2(4,5)1(6)7/h4-5,7,9,17-18H,3,6,8,10-15H2,1-2H3,(H,22,25);(H,6,7)/t17-;/m1./s1. The van der Waals surface area contributed by atoms with Gasteiger partial charge in [0, 0.05) is 37.3 Å². The Morgan fingerprint density at radius 2 is 1.74 bits per heavy atom. The minimum absolute atomic E-state index is 0.0251. The molecule has 2 fully saturated rings. The molecule has 34 heavy (non-hydrogen) atoms. The molecule has 190 valence electrons. The van der Waals surface area contributed by atoms with E-state index in [1.807, 2.05) is 38.1 Å². The van der Waals surface area contributed by atoms with Crippen LogP contribution in [0.25, 0.3) is 0 Å². The number of aliphatic carboxylic acids is 1. The van der Waals surface area contributed by atoms with Gasteiger partial charge in [-0.1, -0.05) is 18.2 Å². The zero-order valence-corrected chi connectivity index (χ0v) is 19.4. The predicted molar refractivity (Wildman–Crippen MR) is 119 cm³/mol. The third-order valence-electron chi connectivity index (χ3n) is 5.93. The van der Waals surface area contributed by atoms with Crippen molar-refractivity contribution >= 4 is 18.0 Å². The van der Waals surface area contributed by atoms with Crippen molar-refractivity contribution in [2.45, 2.75) is 57.8 Å². The number of benzene rings is 1. The Morgan fingerprint density at radius 1 is 1.12 bits per heavy atom. The number of piperidine rings is 2. The van der Waals surface area contributed by atoms with Gasteiger partial charge in [0.1, 0.15) is 0 Å². The van der Waals surface area contributed by atoms with E-state index >= 15 is 0 Å². The van der Waals surface area contributed by atoms with Crippen LogP contribution in [0.1, 0.15) is 48.5 Å². The molecule has 0 bridgehead atoms. The summed E-state index contributed by atoms with van der Waals surface area (Å²) in [7, 11) is 0. The molecule has 0 aliphatic carbocycles. The third kappa shape index (κ3) is 8.19. The second-order valence-corrected chi connectivity index (χ2v) is 8.34. The molecule has 1 aromatic rings. The second-order valence-electron chi connectivity index (χ2n) is 8.34. The summed E-state index contributed by atoms with van der Waals surface area (Å²) in [5.74, 6) is -2.73. The van der Waals surface area contributed by atoms with Crippen LogP contribution in [0.2, 0.25) is 0 Å². The number of carboxylic acids is 1. The fraction of sp³-hybridized carbons (Fsp3) is 0.609. The van der Waals surface area contributed by atoms with Crippen molar-refractivity contribution in [1.82, 2.24) is 15.1 Å². The van der Waals surface area contributed by atoms with Crippen molar-refractivity contribution < 1.29 is 37.4 Å². The highest BCUT2D eigenvalue weighted by Gasteiger charge is 2.38. The number of ether oxygens (including phenoxy) is 1. The number of aryl methyl sites for hydroxylation is 1. The van der Waals surface area contributed by atoms with Crippen molar-refractivity contribution in [2.24, 2.45) is 0 Å². The van der Waals surface area contributed by atoms with E-state index in [-0.39, 0.29) is 18.0 Å². The van der Waals surface area contributed by atoms with E-state index in [4.69, 9.17) is 14.6 Å². The zero-order valence-electron chi connectivity index (χ0n) is 19.4. The van der Waals surface area contributed by atoms with E-state index < -0.39 is 12.1 Å². The van der Waals surface area contributed by atoms with Gasteiger partial charge in [-0.25, -0.2) is 9.59 Å². The second kappa shape index (κ2) is 12.6. The predicted octanol–water partition coefficient (Wildman–Crippen LogP) is 3.44. The fourth-order valence-electron chi connectivity index (χ4n) is 4.18. The van der Waals surface area contributed by atoms with Gasteiger partial charge in [-0.2, -0.15) is 13.2 Å². The lowest BCUT2D eigenvalue weighted by Crippen LogP contribution is -2.54. The molecular weight excluding hydrogens is 455 g/mol. The Balaban J connectivity index is 0.000000509. The van der Waals surface area contributed by atoms with Crippen molar-refractivity contribution in [3.63, 3.8) is 0 Å². The highest BCUT2D eigenvalue weighted by molar-refractivity contribution is 5.95. The summed E-state index contributed by atoms with van der Waals surface area (Å²) < 4.78 is 36.8. The SMILES string of the molecule is CCOC(=O)N1CCC(N2CCC[C@@H](NC(=O)c3ccccc3C)C2)CC1.O=C(O)C(F)(F)F. The lowest BCUT2D eigenvalue weighted by atomic mass is 9.97. The molecule has 0 aromatic heterocycles. The normalized spacial score (nSPS) is 19.6. The number of carbonyl (C=O) groups is 3. The monoisotopic (exact) mass is 487 g/mol. The van der Waals surface area contributed by atoms with E-state index in [9.17, 15) is 22.8 Å². The molecule has 1 aromatic carbocycles. The van der Waals surface area contributed by atoms with Gasteiger partial charge >= 0.3 is 18.2 Å². The highest BCUT2D eigenvalue weighted by atomic mass is 19.4. The molecule has 2 heterocycles. The molecule has 2 N–H and O–H groups in total. The van der Waals surface area contributed by atoms with E-state index in [0.29, 0.717) is 12.6 Å². The number of likely N-dealkylation sites (tertiary alicyclic amines) is 2. The summed E-state index contributed by atoms with van der Waals surface area (Å²) in [6, 6.07) is 8.39. The fourth-order valence-corrected chi connectivity index (χ4v) is 4.18. The van der Waals surface area contributed by atoms with Crippen LogP contribution < -0.4 is 5.32 Å². The van der Waals surface area contributed by atoms with Crippen LogP contribution in [-0.2, 0) is 9.53 Å². The smallest absolute Gasteiger partial charge is 0.475 e. The maximum Gasteiger partial charge on any atom is 0.490 e. The first-order valence-corrected chi connectivity index (χ1v) is 11.3. The number of carbonyl (C=O) groups excluding carboxylic acids is 2. The van der Waals surface area contributed by atoms with Crippen molar-refractivity contribution in [3.8, 4) is 0 Å². The van der Waals surface area contributed by atoms with E-state index in [2.05, 4.69) is 10.2 Å². The molecule has 0 saturated carbocycles. The number of hydrogen-bond donors (Lipinski definition) is 2. The Morgan fingerprint density at radius 3 is 2.29 bits per heavy atom. The maximum absolute atomic E-state index is 12.6. The summed E-state index contributed by atoms with van der Waals surface area (Å²) >= 11 is 0. The Kier molecular flexibility index (Phi) is 10.2. The van der Waals surface area contributed by atoms with Gasteiger partial charge in [0.05, 0.1) is 6.61 Å². The van der Waals surface area contributed by atoms with Crippen LogP contribution in [-0.4, -0.2) is 83.9 Å². The molecule has 3 rings (SSSR count). The minimum Gasteiger partial charge on any atom is -0.475 e. The summed E-state index contributed by atoms with van der Waals surface area (Å²) in [6.07, 6.45) is -1.22. The largest absolute Gasteiger partial charge is 0.490 e. The Bertz CT molecular complexity index is 841. The number of amides is 2. The first kappa shape index (κ1) is 27.4. The van der Waals surface area contributed by atoms with Crippen LogP contribution >= 0.6 is 0 Å². The molecule has 11 heteroatoms. The van der Waals surface area contributed by atoms with Crippen LogP contribution in [0.3, 0.4) is 0 Å². The van der Waals surface area contributed by atoms with Crippen molar-refractivity contribution in [1.29, 1.82) is 0 Å². The third-order valence-corrected chi connectivity index (χ3v) is 5.93. The summed E-state index contributed by atoms with van der Waals surface area (Å²) in [5, 5.41) is 10.3. The van der Waals surface area contributed by atoms with Crippen LogP contribution in [0.15, 0.2) is 24.3 Å². The number of halogens is 3. The van der Waals surface area contributed by atoms with Gasteiger partial charge in [-0.3, -0.25) is 9.69 Å². The van der Waals surface area contributed by atoms with E-state index in [1.165, 1.54) is 0 Å². The number of nitrogens with zero attached hydrogens (tertiary/aromatic N) is 2. The van der Waals surface area contributed by atoms with Gasteiger partial charge in [0.2, 0.25) is 0 Å². The van der Waals surface area contributed by atoms with Crippen molar-refractivity contribution in [2.75, 3.05) is 32.8 Å². The lowest BCUT2D eigenvalue weighted by molar-refractivity contribution is -0.192. The molecule has 2 saturated heterocycles. The zero-order chi connectivity index (χ0) is 25.3. The number of hydrogen-bond acceptors (Lipinski definition) is 5. The molecular formula is C23H32F3N3O5. The molecule has 2 aliphatic heterocycles. The van der Waals surface area contributed by atoms with E-state index in [0.717, 1.165) is 63.0 Å². The Hall–Kier alpha value is -2.82. The Labute approximate surface area is 197 Å². The van der Waals surface area contributed by atoms with Crippen molar-refractivity contribution in [3.05, 3.63) is 35.4 Å². The molecule has 1 atom stereocenters. The molecule has 0 spiro atoms. The number of rotatable bonds is 4. The highest BCUT2D eigenvalue weighted by Crippen LogP contribution is 2.22. The topological polar surface area (TPSA) is 99.2 Å². The molecule has 2 amide bonds. The summed E-state index contributed by atoms with van der Waals surface area (Å²) in [6.45, 7) is 7.69. The van der Waals surface area contributed by atoms with Gasteiger partial charge in [-0.15, -0.1) is 0 Å². The quantitative estimate of drug-likeness (QED) is 0.675. The first-order chi connectivity index (χ1) is 16.0. The van der Waals surface area contributed by atoms with Gasteiger partial charge in [-0.05, 0) is 57.7 Å². The average molecular weight is 488 g/mol. The van der Waals surface area contributed by atoms with E-state index in [1.54, 1.807) is 4.90 Å². The van der Waals surface area contributed by atoms with Gasteiger partial charge in [0.25, 0.3) is 5.91 Å². The minimum atomic E-state index is -5.08. The lowest BCUT2D eigenvalue weighted by Gasteiger charge is -2.42. The van der Waals surface area contributed by atoms with Gasteiger partial charge in [0.15, 0.2) is 0 Å². The summed E-state index contributed by atoms with van der Waals surface area (Å²) in [5.41, 5.74) is 1.77. The number of nitrogens with one attached hydrogen (secondary N) is 1. The molecule has 8 nitrogen and oxygen atoms in total. The summed E-state index contributed by atoms with van der Waals surface area (Å²) in [4.78, 5) is 37.7.